The van der Waals surface area contributed by atoms with Gasteiger partial charge in [0.1, 0.15) is 5.75 Å². The number of rotatable bonds is 5. The quantitative estimate of drug-likeness (QED) is 0.570. The van der Waals surface area contributed by atoms with Gasteiger partial charge in [0.15, 0.2) is 0 Å². The van der Waals surface area contributed by atoms with E-state index in [-0.39, 0.29) is 0 Å². The molecule has 1 unspecified atom stereocenters. The molecule has 0 aromatic heterocycles. The number of hydrogen-bond donors (Lipinski definition) is 0. The fourth-order valence-corrected chi connectivity index (χ4v) is 1.36. The molecule has 0 aromatic rings. The van der Waals surface area contributed by atoms with Crippen LogP contribution in [0.5, 0.6) is 0 Å². The van der Waals surface area contributed by atoms with E-state index in [1.807, 2.05) is 0 Å². The molecule has 16 heavy (non-hydrogen) atoms. The Kier molecular flexibility index (Phi) is 4.80. The zero-order valence-electron chi connectivity index (χ0n) is 7.69. The summed E-state index contributed by atoms with van der Waals surface area (Å²) in [6.07, 6.45) is -10.3. The summed E-state index contributed by atoms with van der Waals surface area (Å²) in [6, 6.07) is 0. The second-order valence-electron chi connectivity index (χ2n) is 2.73. The third-order valence-electron chi connectivity index (χ3n) is 1.20. The molecule has 0 saturated heterocycles. The summed E-state index contributed by atoms with van der Waals surface area (Å²) in [5.41, 5.74) is 0. The summed E-state index contributed by atoms with van der Waals surface area (Å²) >= 11 is 0. The second kappa shape index (κ2) is 5.04. The van der Waals surface area contributed by atoms with Crippen molar-refractivity contribution in [3.63, 3.8) is 0 Å². The lowest BCUT2D eigenvalue weighted by Crippen LogP contribution is -2.31. The minimum atomic E-state index is -5.13. The van der Waals surface area contributed by atoms with Crippen molar-refractivity contribution in [2.45, 2.75) is 19.1 Å². The van der Waals surface area contributed by atoms with E-state index in [0.29, 0.717) is 6.92 Å². The van der Waals surface area contributed by atoms with Crippen molar-refractivity contribution in [1.29, 1.82) is 0 Å². The van der Waals surface area contributed by atoms with Crippen molar-refractivity contribution in [3.8, 4) is 0 Å². The largest absolute Gasteiger partial charge is 0.415 e. The first-order valence-corrected chi connectivity index (χ1v) is 5.20. The average molecular weight is 272 g/mol. The summed E-state index contributed by atoms with van der Waals surface area (Å²) in [6.45, 7) is 0.661. The van der Waals surface area contributed by atoms with Crippen LogP contribution in [-0.2, 0) is 15.0 Å². The summed E-state index contributed by atoms with van der Waals surface area (Å²) in [7, 11) is -5.13. The molecule has 0 fully saturated rings. The van der Waals surface area contributed by atoms with Crippen molar-refractivity contribution in [2.75, 3.05) is 5.75 Å². The monoisotopic (exact) mass is 272 g/mol. The van der Waals surface area contributed by atoms with E-state index in [4.69, 9.17) is 0 Å². The van der Waals surface area contributed by atoms with Crippen LogP contribution in [0.1, 0.15) is 6.92 Å². The molecule has 10 heteroatoms. The van der Waals surface area contributed by atoms with E-state index >= 15 is 0 Å². The molecule has 0 aliphatic carbocycles. The molecular formula is C6H6F6O3S. The highest BCUT2D eigenvalue weighted by atomic mass is 32.3. The smallest absolute Gasteiger partial charge is 0.310 e. The highest BCUT2D eigenvalue weighted by Gasteiger charge is 2.42. The maximum absolute atomic E-state index is 12.4. The third-order valence-corrected chi connectivity index (χ3v) is 2.07. The van der Waals surface area contributed by atoms with Crippen LogP contribution in [0.4, 0.5) is 25.8 Å². The topological polar surface area (TPSA) is 43.4 Å². The van der Waals surface area contributed by atoms with Crippen LogP contribution >= 0.6 is 0 Å². The molecule has 3 nitrogen and oxygen atoms in total. The number of hydrogen-bond acceptors (Lipinski definition) is 3. The number of alkyl halides is 2. The van der Waals surface area contributed by atoms with Crippen molar-refractivity contribution < 1.29 is 39.0 Å². The van der Waals surface area contributed by atoms with Crippen LogP contribution in [0.15, 0.2) is 11.9 Å². The van der Waals surface area contributed by atoms with Gasteiger partial charge in [0.25, 0.3) is 5.83 Å². The summed E-state index contributed by atoms with van der Waals surface area (Å²) < 4.78 is 95.2. The first kappa shape index (κ1) is 15.2. The Morgan fingerprint density at radius 2 is 1.75 bits per heavy atom. The van der Waals surface area contributed by atoms with Crippen molar-refractivity contribution >= 4 is 10.2 Å². The standard InChI is InChI=1S/C6H6F6O3S/c1-3(2-16(12,13)14)15-6(10,11)4(7)5(8)9/h3H,2H2,1H3. The molecule has 0 aromatic carbocycles. The molecule has 0 spiro atoms. The van der Waals surface area contributed by atoms with E-state index < -0.39 is 40.1 Å². The van der Waals surface area contributed by atoms with E-state index in [9.17, 15) is 34.3 Å². The maximum Gasteiger partial charge on any atom is 0.415 e. The fourth-order valence-electron chi connectivity index (χ4n) is 0.729. The van der Waals surface area contributed by atoms with Crippen molar-refractivity contribution in [3.05, 3.63) is 11.9 Å². The van der Waals surface area contributed by atoms with Crippen LogP contribution in [0, 0.1) is 0 Å². The Balaban J connectivity index is 4.67. The predicted molar refractivity (Wildman–Crippen MR) is 40.7 cm³/mol. The molecule has 0 saturated carbocycles. The first-order chi connectivity index (χ1) is 6.96. The van der Waals surface area contributed by atoms with E-state index in [1.54, 1.807) is 0 Å². The highest BCUT2D eigenvalue weighted by molar-refractivity contribution is 7.86. The molecule has 0 N–H and O–H groups in total. The van der Waals surface area contributed by atoms with Gasteiger partial charge in [0.2, 0.25) is 0 Å². The second-order valence-corrected chi connectivity index (χ2v) is 4.14. The minimum Gasteiger partial charge on any atom is -0.310 e. The Morgan fingerprint density at radius 3 is 2.06 bits per heavy atom. The van der Waals surface area contributed by atoms with E-state index in [2.05, 4.69) is 4.74 Å². The van der Waals surface area contributed by atoms with Crippen LogP contribution in [0.3, 0.4) is 0 Å². The summed E-state index contributed by atoms with van der Waals surface area (Å²) in [5, 5.41) is 0. The molecule has 0 aliphatic rings. The molecule has 0 bridgehead atoms. The average Bonchev–Trinajstić information content (AvgIpc) is 1.97. The molecular weight excluding hydrogens is 266 g/mol. The van der Waals surface area contributed by atoms with Crippen molar-refractivity contribution in [1.82, 2.24) is 0 Å². The Hall–Kier alpha value is -0.770. The normalized spacial score (nSPS) is 14.7. The lowest BCUT2D eigenvalue weighted by atomic mass is 10.4. The Bertz CT molecular complexity index is 372. The lowest BCUT2D eigenvalue weighted by molar-refractivity contribution is -0.240. The molecule has 0 heterocycles. The van der Waals surface area contributed by atoms with Gasteiger partial charge in [0, 0.05) is 0 Å². The Labute approximate surface area is 86.9 Å². The van der Waals surface area contributed by atoms with Gasteiger partial charge in [-0.3, -0.25) is 0 Å². The molecule has 0 aliphatic heterocycles. The molecule has 0 radical (unpaired) electrons. The molecule has 96 valence electrons. The van der Waals surface area contributed by atoms with Crippen LogP contribution in [0.25, 0.3) is 0 Å². The molecule has 0 amide bonds. The molecule has 1 atom stereocenters. The minimum absolute atomic E-state index is 0.661. The van der Waals surface area contributed by atoms with Crippen LogP contribution < -0.4 is 0 Å². The lowest BCUT2D eigenvalue weighted by Gasteiger charge is -2.18. The predicted octanol–water partition coefficient (Wildman–Crippen LogP) is 2.36. The third kappa shape index (κ3) is 5.35. The summed E-state index contributed by atoms with van der Waals surface area (Å²) in [4.78, 5) is 0. The van der Waals surface area contributed by atoms with Gasteiger partial charge in [-0.05, 0) is 6.92 Å². The van der Waals surface area contributed by atoms with Gasteiger partial charge in [0.05, 0.1) is 6.10 Å². The zero-order chi connectivity index (χ0) is 13.1. The van der Waals surface area contributed by atoms with Gasteiger partial charge in [-0.15, -0.1) is 3.89 Å². The maximum atomic E-state index is 12.4. The fraction of sp³-hybridized carbons (Fsp3) is 0.667. The number of ether oxygens (including phenoxy) is 1. The summed E-state index contributed by atoms with van der Waals surface area (Å²) in [5.74, 6) is -4.64. The number of halogens is 6. The van der Waals surface area contributed by atoms with E-state index in [1.165, 1.54) is 0 Å². The van der Waals surface area contributed by atoms with E-state index in [0.717, 1.165) is 0 Å². The van der Waals surface area contributed by atoms with Crippen LogP contribution in [-0.4, -0.2) is 26.4 Å². The van der Waals surface area contributed by atoms with Gasteiger partial charge in [-0.25, -0.2) is 0 Å². The van der Waals surface area contributed by atoms with Gasteiger partial charge in [-0.1, -0.05) is 0 Å². The molecule has 0 rings (SSSR count). The highest BCUT2D eigenvalue weighted by Crippen LogP contribution is 2.31. The van der Waals surface area contributed by atoms with Gasteiger partial charge < -0.3 is 4.74 Å². The van der Waals surface area contributed by atoms with Gasteiger partial charge >= 0.3 is 22.4 Å². The van der Waals surface area contributed by atoms with Crippen molar-refractivity contribution in [2.24, 2.45) is 0 Å². The Morgan fingerprint density at radius 1 is 1.31 bits per heavy atom. The SMILES string of the molecule is CC(CS(=O)(=O)F)OC(F)(F)C(F)=C(F)F. The zero-order valence-corrected chi connectivity index (χ0v) is 8.50. The van der Waals surface area contributed by atoms with Crippen LogP contribution in [0.2, 0.25) is 0 Å². The first-order valence-electron chi connectivity index (χ1n) is 3.65. The van der Waals surface area contributed by atoms with Gasteiger partial charge in [-0.2, -0.15) is 30.4 Å².